The third kappa shape index (κ3) is 3.54. The number of allylic oxidation sites excluding steroid dienone is 4. The quantitative estimate of drug-likeness (QED) is 0.437. The van der Waals surface area contributed by atoms with Crippen molar-refractivity contribution in [3.05, 3.63) is 62.6 Å². The first-order valence-corrected chi connectivity index (χ1v) is 9.17. The van der Waals surface area contributed by atoms with Crippen molar-refractivity contribution >= 4 is 0 Å². The second-order valence-electron chi connectivity index (χ2n) is 7.57. The van der Waals surface area contributed by atoms with E-state index in [1.165, 1.54) is 7.11 Å². The molecule has 0 aromatic carbocycles. The summed E-state index contributed by atoms with van der Waals surface area (Å²) in [4.78, 5) is 17.4. The van der Waals surface area contributed by atoms with Crippen molar-refractivity contribution in [1.82, 2.24) is 0 Å². The predicted molar refractivity (Wildman–Crippen MR) is 106 cm³/mol. The summed E-state index contributed by atoms with van der Waals surface area (Å²) in [6, 6.07) is 0. The monoisotopic (exact) mass is 374 g/mol. The van der Waals surface area contributed by atoms with E-state index >= 15 is 0 Å². The highest BCUT2D eigenvalue weighted by atomic mass is 17.1. The Labute approximate surface area is 160 Å². The first-order valence-electron chi connectivity index (χ1n) is 9.17. The van der Waals surface area contributed by atoms with Crippen LogP contribution in [0.15, 0.2) is 44.7 Å². The molecule has 0 aliphatic heterocycles. The maximum Gasteiger partial charge on any atom is 0.291 e. The van der Waals surface area contributed by atoms with Crippen LogP contribution in [0.4, 0.5) is 0 Å². The Morgan fingerprint density at radius 2 is 1.96 bits per heavy atom. The number of methoxy groups -OCH3 is 1. The number of hydrogen-bond donors (Lipinski definition) is 1. The second-order valence-corrected chi connectivity index (χ2v) is 7.57. The van der Waals surface area contributed by atoms with Crippen LogP contribution in [-0.2, 0) is 10.3 Å². The predicted octanol–water partition coefficient (Wildman–Crippen LogP) is 4.87. The van der Waals surface area contributed by atoms with E-state index in [1.807, 2.05) is 27.7 Å². The molecule has 1 N–H and O–H groups in total. The van der Waals surface area contributed by atoms with Crippen LogP contribution in [-0.4, -0.2) is 18.5 Å². The van der Waals surface area contributed by atoms with Crippen molar-refractivity contribution < 1.29 is 19.3 Å². The Morgan fingerprint density at radius 3 is 2.48 bits per heavy atom. The van der Waals surface area contributed by atoms with Gasteiger partial charge in [-0.3, -0.25) is 10.1 Å². The van der Waals surface area contributed by atoms with E-state index in [4.69, 9.17) is 9.15 Å². The number of ether oxygens (including phenoxy) is 1. The van der Waals surface area contributed by atoms with Gasteiger partial charge in [-0.05, 0) is 46.6 Å². The molecule has 0 spiro atoms. The van der Waals surface area contributed by atoms with Crippen molar-refractivity contribution in [2.75, 3.05) is 7.11 Å². The van der Waals surface area contributed by atoms with E-state index in [0.29, 0.717) is 23.3 Å². The summed E-state index contributed by atoms with van der Waals surface area (Å²) in [6.07, 6.45) is 4.24. The maximum absolute atomic E-state index is 12.8. The van der Waals surface area contributed by atoms with Crippen LogP contribution >= 0.6 is 0 Å². The van der Waals surface area contributed by atoms with Gasteiger partial charge in [0.2, 0.25) is 0 Å². The van der Waals surface area contributed by atoms with E-state index in [-0.39, 0.29) is 17.3 Å². The normalized spacial score (nSPS) is 23.5. The molecule has 27 heavy (non-hydrogen) atoms. The summed E-state index contributed by atoms with van der Waals surface area (Å²) in [5.41, 5.74) is 3.11. The standard InChI is InChI=1S/C22H30O5/c1-9-17(27-24)14(4)18-13(3)10-12(2)11-22(18,7)20-15(5)19(23)16(6)21(25-8)26-20/h10-11,17-18,24H,4,9H2,1-3,5-8H3/t17-,18?,22-/m0/s1. The number of rotatable bonds is 6. The van der Waals surface area contributed by atoms with Gasteiger partial charge in [0.15, 0.2) is 5.43 Å². The minimum absolute atomic E-state index is 0.0950. The zero-order valence-electron chi connectivity index (χ0n) is 17.3. The highest BCUT2D eigenvalue weighted by Crippen LogP contribution is 2.48. The molecule has 1 heterocycles. The van der Waals surface area contributed by atoms with Gasteiger partial charge in [0.05, 0.1) is 18.1 Å². The van der Waals surface area contributed by atoms with Gasteiger partial charge in [0.1, 0.15) is 11.9 Å². The largest absolute Gasteiger partial charge is 0.468 e. The molecule has 0 radical (unpaired) electrons. The van der Waals surface area contributed by atoms with Gasteiger partial charge < -0.3 is 9.15 Å². The molecule has 0 saturated heterocycles. The molecule has 5 heteroatoms. The summed E-state index contributed by atoms with van der Waals surface area (Å²) in [5.74, 6) is 0.558. The van der Waals surface area contributed by atoms with E-state index in [2.05, 4.69) is 23.6 Å². The molecular weight excluding hydrogens is 344 g/mol. The van der Waals surface area contributed by atoms with E-state index in [0.717, 1.165) is 16.7 Å². The molecule has 1 aromatic heterocycles. The van der Waals surface area contributed by atoms with E-state index in [9.17, 15) is 10.1 Å². The lowest BCUT2D eigenvalue weighted by molar-refractivity contribution is -0.270. The van der Waals surface area contributed by atoms with Crippen LogP contribution in [0.1, 0.15) is 51.0 Å². The van der Waals surface area contributed by atoms with Crippen LogP contribution in [0, 0.1) is 19.8 Å². The molecule has 1 aliphatic rings. The van der Waals surface area contributed by atoms with Gasteiger partial charge in [-0.25, -0.2) is 4.89 Å². The van der Waals surface area contributed by atoms with Crippen molar-refractivity contribution in [2.45, 2.75) is 59.5 Å². The van der Waals surface area contributed by atoms with Crippen molar-refractivity contribution in [1.29, 1.82) is 0 Å². The lowest BCUT2D eigenvalue weighted by atomic mass is 9.63. The molecule has 5 nitrogen and oxygen atoms in total. The fraction of sp³-hybridized carbons (Fsp3) is 0.500. The molecule has 0 amide bonds. The lowest BCUT2D eigenvalue weighted by Crippen LogP contribution is -2.39. The van der Waals surface area contributed by atoms with Gasteiger partial charge >= 0.3 is 0 Å². The van der Waals surface area contributed by atoms with Crippen molar-refractivity contribution in [3.63, 3.8) is 0 Å². The van der Waals surface area contributed by atoms with Gasteiger partial charge in [-0.1, -0.05) is 36.8 Å². The molecule has 3 atom stereocenters. The van der Waals surface area contributed by atoms with Crippen LogP contribution in [0.25, 0.3) is 0 Å². The fourth-order valence-electron chi connectivity index (χ4n) is 4.41. The van der Waals surface area contributed by atoms with Crippen LogP contribution in [0.2, 0.25) is 0 Å². The Hall–Kier alpha value is -2.11. The van der Waals surface area contributed by atoms with Crippen molar-refractivity contribution in [2.24, 2.45) is 5.92 Å². The molecule has 0 saturated carbocycles. The van der Waals surface area contributed by atoms with Gasteiger partial charge in [0, 0.05) is 11.5 Å². The summed E-state index contributed by atoms with van der Waals surface area (Å²) in [5, 5.41) is 9.33. The molecule has 148 valence electrons. The Kier molecular flexibility index (Phi) is 6.17. The Bertz CT molecular complexity index is 854. The van der Waals surface area contributed by atoms with Crippen LogP contribution in [0.3, 0.4) is 0 Å². The molecule has 2 rings (SSSR count). The molecule has 1 aliphatic carbocycles. The van der Waals surface area contributed by atoms with Crippen molar-refractivity contribution in [3.8, 4) is 5.95 Å². The second kappa shape index (κ2) is 7.87. The topological polar surface area (TPSA) is 68.9 Å². The smallest absolute Gasteiger partial charge is 0.291 e. The van der Waals surface area contributed by atoms with E-state index < -0.39 is 11.5 Å². The summed E-state index contributed by atoms with van der Waals surface area (Å²) in [7, 11) is 1.49. The number of hydrogen-bond acceptors (Lipinski definition) is 5. The SMILES string of the molecule is C=C(C1C(C)=CC(C)=C[C@]1(C)c1oc(OC)c(C)c(=O)c1C)[C@H](CC)OO. The zero-order valence-corrected chi connectivity index (χ0v) is 17.3. The van der Waals surface area contributed by atoms with Crippen LogP contribution < -0.4 is 10.2 Å². The minimum atomic E-state index is -0.670. The summed E-state index contributed by atoms with van der Waals surface area (Å²) in [6.45, 7) is 15.7. The lowest BCUT2D eigenvalue weighted by Gasteiger charge is -2.41. The molecule has 0 fully saturated rings. The Balaban J connectivity index is 2.77. The third-order valence-electron chi connectivity index (χ3n) is 5.52. The molecule has 0 bridgehead atoms. The average molecular weight is 374 g/mol. The summed E-state index contributed by atoms with van der Waals surface area (Å²) >= 11 is 0. The van der Waals surface area contributed by atoms with Gasteiger partial charge in [-0.15, -0.1) is 0 Å². The van der Waals surface area contributed by atoms with Gasteiger partial charge in [-0.2, -0.15) is 0 Å². The zero-order chi connectivity index (χ0) is 20.5. The molecule has 1 aromatic rings. The Morgan fingerprint density at radius 1 is 1.33 bits per heavy atom. The highest BCUT2D eigenvalue weighted by molar-refractivity contribution is 5.47. The first kappa shape index (κ1) is 21.2. The molecule has 1 unspecified atom stereocenters. The minimum Gasteiger partial charge on any atom is -0.468 e. The fourth-order valence-corrected chi connectivity index (χ4v) is 4.41. The first-order chi connectivity index (χ1) is 12.6. The average Bonchev–Trinajstić information content (AvgIpc) is 2.60. The molecular formula is C22H30O5. The maximum atomic E-state index is 12.8. The summed E-state index contributed by atoms with van der Waals surface area (Å²) < 4.78 is 11.4. The van der Waals surface area contributed by atoms with Crippen LogP contribution in [0.5, 0.6) is 5.95 Å². The third-order valence-corrected chi connectivity index (χ3v) is 5.52. The van der Waals surface area contributed by atoms with E-state index in [1.54, 1.807) is 13.8 Å². The highest BCUT2D eigenvalue weighted by Gasteiger charge is 2.44. The van der Waals surface area contributed by atoms with Gasteiger partial charge in [0.25, 0.3) is 5.95 Å².